The Bertz CT molecular complexity index is 999. The van der Waals surface area contributed by atoms with Crippen LogP contribution in [0.3, 0.4) is 0 Å². The number of aliphatic hydroxyl groups excluding tert-OH is 1. The summed E-state index contributed by atoms with van der Waals surface area (Å²) in [6.07, 6.45) is 0. The van der Waals surface area contributed by atoms with E-state index in [1.807, 2.05) is 6.92 Å². The number of likely N-dealkylation sites (N-methyl/N-ethyl adjacent to an activating group) is 1. The van der Waals surface area contributed by atoms with E-state index in [9.17, 15) is 14.7 Å². The lowest BCUT2D eigenvalue weighted by molar-refractivity contribution is -0.140. The number of benzene rings is 2. The van der Waals surface area contributed by atoms with Crippen molar-refractivity contribution < 1.29 is 19.4 Å². The van der Waals surface area contributed by atoms with Gasteiger partial charge in [-0.1, -0.05) is 49.7 Å². The Balaban J connectivity index is 2.08. The van der Waals surface area contributed by atoms with Gasteiger partial charge in [-0.05, 0) is 49.8 Å². The second kappa shape index (κ2) is 10.7. The third-order valence-corrected chi connectivity index (χ3v) is 5.95. The lowest BCUT2D eigenvalue weighted by Crippen LogP contribution is -2.38. The van der Waals surface area contributed by atoms with Crippen LogP contribution < -0.4 is 4.74 Å². The highest BCUT2D eigenvalue weighted by atomic mass is 35.5. The summed E-state index contributed by atoms with van der Waals surface area (Å²) in [6, 6.07) is 13.2. The normalized spacial score (nSPS) is 17.9. The van der Waals surface area contributed by atoms with Crippen molar-refractivity contribution in [1.82, 2.24) is 9.80 Å². The molecule has 1 N–H and O–H groups in total. The monoisotopic (exact) mass is 456 g/mol. The Kier molecular flexibility index (Phi) is 7.94. The number of aliphatic hydroxyl groups is 1. The number of nitrogens with zero attached hydrogens (tertiary/aromatic N) is 2. The van der Waals surface area contributed by atoms with Crippen molar-refractivity contribution in [2.75, 3.05) is 32.8 Å². The quantitative estimate of drug-likeness (QED) is 0.341. The van der Waals surface area contributed by atoms with Crippen LogP contribution in [0.25, 0.3) is 5.76 Å². The summed E-state index contributed by atoms with van der Waals surface area (Å²) < 4.78 is 5.53. The highest BCUT2D eigenvalue weighted by molar-refractivity contribution is 6.46. The number of Topliss-reactive ketones (excluding diaryl/α,β-unsaturated/α-hetero) is 1. The van der Waals surface area contributed by atoms with Crippen molar-refractivity contribution in [2.24, 2.45) is 0 Å². The van der Waals surface area contributed by atoms with Gasteiger partial charge in [-0.2, -0.15) is 0 Å². The highest BCUT2D eigenvalue weighted by Crippen LogP contribution is 2.39. The fourth-order valence-electron chi connectivity index (χ4n) is 3.95. The number of ether oxygens (including phenoxy) is 1. The van der Waals surface area contributed by atoms with Crippen LogP contribution in [0, 0.1) is 0 Å². The van der Waals surface area contributed by atoms with Crippen molar-refractivity contribution >= 4 is 29.1 Å². The predicted molar refractivity (Wildman–Crippen MR) is 126 cm³/mol. The average Bonchev–Trinajstić information content (AvgIpc) is 3.05. The molecule has 2 aromatic rings. The molecule has 0 radical (unpaired) electrons. The molecular formula is C25H29ClN2O4. The summed E-state index contributed by atoms with van der Waals surface area (Å²) in [5.41, 5.74) is 1.22. The van der Waals surface area contributed by atoms with Crippen LogP contribution in [0.1, 0.15) is 37.9 Å². The molecule has 3 rings (SSSR count). The van der Waals surface area contributed by atoms with Gasteiger partial charge in [0, 0.05) is 23.7 Å². The number of halogens is 1. The molecule has 1 amide bonds. The van der Waals surface area contributed by atoms with Crippen LogP contribution in [0.15, 0.2) is 54.1 Å². The van der Waals surface area contributed by atoms with Crippen LogP contribution >= 0.6 is 11.6 Å². The van der Waals surface area contributed by atoms with Crippen molar-refractivity contribution in [3.8, 4) is 5.75 Å². The van der Waals surface area contributed by atoms with Crippen LogP contribution in [-0.2, 0) is 9.59 Å². The molecule has 7 heteroatoms. The van der Waals surface area contributed by atoms with E-state index in [4.69, 9.17) is 16.3 Å². The summed E-state index contributed by atoms with van der Waals surface area (Å²) in [5.74, 6) is -0.936. The number of rotatable bonds is 9. The first-order valence-corrected chi connectivity index (χ1v) is 11.3. The molecule has 6 nitrogen and oxygen atoms in total. The zero-order valence-corrected chi connectivity index (χ0v) is 19.4. The van der Waals surface area contributed by atoms with Crippen LogP contribution in [0.4, 0.5) is 0 Å². The van der Waals surface area contributed by atoms with Crippen molar-refractivity contribution in [3.05, 3.63) is 70.3 Å². The van der Waals surface area contributed by atoms with Crippen molar-refractivity contribution in [2.45, 2.75) is 26.8 Å². The maximum atomic E-state index is 13.1. The maximum absolute atomic E-state index is 13.1. The summed E-state index contributed by atoms with van der Waals surface area (Å²) in [7, 11) is 0. The maximum Gasteiger partial charge on any atom is 0.295 e. The Labute approximate surface area is 194 Å². The van der Waals surface area contributed by atoms with Gasteiger partial charge in [0.2, 0.25) is 0 Å². The highest BCUT2D eigenvalue weighted by Gasteiger charge is 2.45. The molecule has 1 fully saturated rings. The van der Waals surface area contributed by atoms with E-state index >= 15 is 0 Å². The van der Waals surface area contributed by atoms with E-state index in [1.54, 1.807) is 53.4 Å². The standard InChI is InChI=1S/C25H29ClN2O4/c1-4-27(5-2)14-15-28-22(17-10-12-19(26)13-11-17)21(24(30)25(28)31)23(29)18-8-7-9-20(16-18)32-6-3/h7-13,16,22,29H,4-6,14-15H2,1-3H3/b23-21-. The van der Waals surface area contributed by atoms with Crippen molar-refractivity contribution in [3.63, 3.8) is 0 Å². The van der Waals surface area contributed by atoms with E-state index < -0.39 is 17.7 Å². The molecule has 2 aromatic carbocycles. The minimum atomic E-state index is -0.696. The first-order valence-electron chi connectivity index (χ1n) is 10.9. The number of ketones is 1. The molecule has 32 heavy (non-hydrogen) atoms. The van der Waals surface area contributed by atoms with Gasteiger partial charge in [-0.25, -0.2) is 0 Å². The van der Waals surface area contributed by atoms with Crippen LogP contribution in [0.5, 0.6) is 5.75 Å². The molecule has 0 saturated carbocycles. The number of hydrogen-bond acceptors (Lipinski definition) is 5. The molecule has 0 aromatic heterocycles. The number of carbonyl (C=O) groups is 2. The lowest BCUT2D eigenvalue weighted by atomic mass is 9.95. The predicted octanol–water partition coefficient (Wildman–Crippen LogP) is 4.50. The van der Waals surface area contributed by atoms with Gasteiger partial charge in [-0.15, -0.1) is 0 Å². The van der Waals surface area contributed by atoms with Gasteiger partial charge in [-0.3, -0.25) is 9.59 Å². The molecular weight excluding hydrogens is 428 g/mol. The summed E-state index contributed by atoms with van der Waals surface area (Å²) in [6.45, 7) is 9.14. The van der Waals surface area contributed by atoms with Gasteiger partial charge in [0.1, 0.15) is 11.5 Å². The molecule has 1 aliphatic heterocycles. The van der Waals surface area contributed by atoms with E-state index in [0.29, 0.717) is 36.0 Å². The van der Waals surface area contributed by atoms with E-state index in [2.05, 4.69) is 18.7 Å². The Morgan fingerprint density at radius 2 is 1.78 bits per heavy atom. The first-order chi connectivity index (χ1) is 15.4. The van der Waals surface area contributed by atoms with Crippen LogP contribution in [0.2, 0.25) is 5.02 Å². The zero-order valence-electron chi connectivity index (χ0n) is 18.7. The smallest absolute Gasteiger partial charge is 0.295 e. The lowest BCUT2D eigenvalue weighted by Gasteiger charge is -2.28. The molecule has 1 heterocycles. The third-order valence-electron chi connectivity index (χ3n) is 5.70. The number of amides is 1. The second-order valence-corrected chi connectivity index (χ2v) is 7.97. The van der Waals surface area contributed by atoms with Crippen molar-refractivity contribution in [1.29, 1.82) is 0 Å². The largest absolute Gasteiger partial charge is 0.507 e. The van der Waals surface area contributed by atoms with Gasteiger partial charge in [0.15, 0.2) is 0 Å². The van der Waals surface area contributed by atoms with E-state index in [0.717, 1.165) is 18.7 Å². The Morgan fingerprint density at radius 1 is 1.09 bits per heavy atom. The molecule has 1 aliphatic rings. The SMILES string of the molecule is CCOc1cccc(/C(O)=C2/C(=O)C(=O)N(CCN(CC)CC)C2c2ccc(Cl)cc2)c1. The fraction of sp³-hybridized carbons (Fsp3) is 0.360. The summed E-state index contributed by atoms with van der Waals surface area (Å²) in [4.78, 5) is 29.8. The summed E-state index contributed by atoms with van der Waals surface area (Å²) in [5, 5.41) is 11.7. The molecule has 1 atom stereocenters. The fourth-order valence-corrected chi connectivity index (χ4v) is 4.07. The minimum absolute atomic E-state index is 0.0746. The van der Waals surface area contributed by atoms with Gasteiger partial charge >= 0.3 is 0 Å². The van der Waals surface area contributed by atoms with Gasteiger partial charge in [0.25, 0.3) is 11.7 Å². The van der Waals surface area contributed by atoms with Gasteiger partial charge < -0.3 is 19.6 Å². The molecule has 0 bridgehead atoms. The molecule has 170 valence electrons. The van der Waals surface area contributed by atoms with Gasteiger partial charge in [0.05, 0.1) is 18.2 Å². The molecule has 1 unspecified atom stereocenters. The topological polar surface area (TPSA) is 70.1 Å². The Morgan fingerprint density at radius 3 is 2.41 bits per heavy atom. The van der Waals surface area contributed by atoms with E-state index in [1.165, 1.54) is 0 Å². The molecule has 1 saturated heterocycles. The third kappa shape index (κ3) is 4.97. The van der Waals surface area contributed by atoms with Crippen LogP contribution in [-0.4, -0.2) is 59.4 Å². The number of likely N-dealkylation sites (tertiary alicyclic amines) is 1. The first kappa shape index (κ1) is 23.8. The second-order valence-electron chi connectivity index (χ2n) is 7.53. The minimum Gasteiger partial charge on any atom is -0.507 e. The number of hydrogen-bond donors (Lipinski definition) is 1. The zero-order chi connectivity index (χ0) is 23.3. The molecule has 0 aliphatic carbocycles. The molecule has 0 spiro atoms. The number of carbonyl (C=O) groups excluding carboxylic acids is 2. The van der Waals surface area contributed by atoms with E-state index in [-0.39, 0.29) is 11.3 Å². The summed E-state index contributed by atoms with van der Waals surface area (Å²) >= 11 is 6.06. The average molecular weight is 457 g/mol. The Hall–Kier alpha value is -2.83.